The van der Waals surface area contributed by atoms with Crippen molar-refractivity contribution < 1.29 is 4.79 Å². The molecule has 2 aromatic heterocycles. The van der Waals surface area contributed by atoms with Crippen molar-refractivity contribution >= 4 is 23.2 Å². The highest BCUT2D eigenvalue weighted by Gasteiger charge is 2.04. The molecule has 0 spiro atoms. The molecule has 0 saturated carbocycles. The minimum absolute atomic E-state index is 0.242. The number of rotatable bonds is 5. The van der Waals surface area contributed by atoms with Crippen LogP contribution in [-0.2, 0) is 4.79 Å². The fraction of sp³-hybridized carbons (Fsp3) is 0.364. The smallest absolute Gasteiger partial charge is 0.195 e. The van der Waals surface area contributed by atoms with E-state index >= 15 is 0 Å². The van der Waals surface area contributed by atoms with Gasteiger partial charge in [0.1, 0.15) is 5.78 Å². The molecule has 0 aliphatic heterocycles. The number of carbonyl (C=O) groups is 1. The van der Waals surface area contributed by atoms with Crippen molar-refractivity contribution in [2.45, 2.75) is 24.9 Å². The molecule has 84 valence electrons. The Morgan fingerprint density at radius 2 is 2.31 bits per heavy atom. The third kappa shape index (κ3) is 2.61. The molecule has 2 rings (SSSR count). The first-order chi connectivity index (χ1) is 7.77. The molecule has 0 radical (unpaired) electrons. The Kier molecular flexibility index (Phi) is 3.56. The third-order valence-electron chi connectivity index (χ3n) is 2.19. The van der Waals surface area contributed by atoms with E-state index in [0.717, 1.165) is 23.0 Å². The first-order valence-corrected chi connectivity index (χ1v) is 6.18. The summed E-state index contributed by atoms with van der Waals surface area (Å²) in [4.78, 5) is 10.8. The van der Waals surface area contributed by atoms with Gasteiger partial charge in [-0.15, -0.1) is 10.2 Å². The molecule has 16 heavy (non-hydrogen) atoms. The highest BCUT2D eigenvalue weighted by molar-refractivity contribution is 7.99. The van der Waals surface area contributed by atoms with Gasteiger partial charge in [0.25, 0.3) is 0 Å². The second kappa shape index (κ2) is 5.12. The third-order valence-corrected chi connectivity index (χ3v) is 3.22. The van der Waals surface area contributed by atoms with Gasteiger partial charge in [-0.1, -0.05) is 17.8 Å². The van der Waals surface area contributed by atoms with Gasteiger partial charge in [0.15, 0.2) is 10.8 Å². The molecule has 0 aromatic carbocycles. The fourth-order valence-corrected chi connectivity index (χ4v) is 2.27. The predicted molar refractivity (Wildman–Crippen MR) is 63.6 cm³/mol. The summed E-state index contributed by atoms with van der Waals surface area (Å²) in [7, 11) is 0. The van der Waals surface area contributed by atoms with Gasteiger partial charge >= 0.3 is 0 Å². The number of hydrogen-bond donors (Lipinski definition) is 0. The van der Waals surface area contributed by atoms with Crippen molar-refractivity contribution in [2.75, 3.05) is 5.75 Å². The Labute approximate surface area is 98.1 Å². The average molecular weight is 235 g/mol. The van der Waals surface area contributed by atoms with E-state index in [1.165, 1.54) is 0 Å². The maximum atomic E-state index is 10.8. The van der Waals surface area contributed by atoms with E-state index in [9.17, 15) is 4.79 Å². The Bertz CT molecular complexity index is 495. The summed E-state index contributed by atoms with van der Waals surface area (Å²) in [6.45, 7) is 1.62. The molecular weight excluding hydrogens is 222 g/mol. The number of hydrogen-bond acceptors (Lipinski definition) is 4. The van der Waals surface area contributed by atoms with Crippen molar-refractivity contribution in [3.8, 4) is 0 Å². The van der Waals surface area contributed by atoms with E-state index < -0.39 is 0 Å². The van der Waals surface area contributed by atoms with E-state index in [4.69, 9.17) is 0 Å². The number of ketones is 1. The lowest BCUT2D eigenvalue weighted by atomic mass is 10.3. The summed E-state index contributed by atoms with van der Waals surface area (Å²) >= 11 is 1.64. The lowest BCUT2D eigenvalue weighted by Gasteiger charge is -1.98. The highest BCUT2D eigenvalue weighted by atomic mass is 32.2. The zero-order valence-electron chi connectivity index (χ0n) is 9.09. The summed E-state index contributed by atoms with van der Waals surface area (Å²) in [5, 5.41) is 9.05. The summed E-state index contributed by atoms with van der Waals surface area (Å²) in [6.07, 6.45) is 3.48. The highest BCUT2D eigenvalue weighted by Crippen LogP contribution is 2.17. The summed E-state index contributed by atoms with van der Waals surface area (Å²) < 4.78 is 1.96. The zero-order valence-corrected chi connectivity index (χ0v) is 9.91. The van der Waals surface area contributed by atoms with E-state index in [0.29, 0.717) is 6.42 Å². The van der Waals surface area contributed by atoms with Crippen LogP contribution in [0.15, 0.2) is 29.6 Å². The van der Waals surface area contributed by atoms with Gasteiger partial charge in [-0.05, 0) is 25.5 Å². The number of Topliss-reactive ketones (excluding diaryl/α,β-unsaturated/α-hetero) is 1. The lowest BCUT2D eigenvalue weighted by molar-refractivity contribution is -0.117. The van der Waals surface area contributed by atoms with Crippen LogP contribution in [0.1, 0.15) is 19.8 Å². The normalized spacial score (nSPS) is 10.8. The number of pyridine rings is 1. The predicted octanol–water partition coefficient (Wildman–Crippen LogP) is 2.19. The molecular formula is C11H13N3OS. The van der Waals surface area contributed by atoms with Crippen LogP contribution >= 0.6 is 11.8 Å². The maximum absolute atomic E-state index is 10.8. The topological polar surface area (TPSA) is 47.3 Å². The van der Waals surface area contributed by atoms with Crippen molar-refractivity contribution in [1.29, 1.82) is 0 Å². The molecule has 0 fully saturated rings. The van der Waals surface area contributed by atoms with E-state index in [1.807, 2.05) is 28.8 Å². The number of thioether (sulfide) groups is 1. The lowest BCUT2D eigenvalue weighted by Crippen LogP contribution is -1.92. The number of carbonyl (C=O) groups excluding carboxylic acids is 1. The van der Waals surface area contributed by atoms with Crippen LogP contribution in [0, 0.1) is 0 Å². The van der Waals surface area contributed by atoms with Crippen molar-refractivity contribution in [3.05, 3.63) is 24.4 Å². The van der Waals surface area contributed by atoms with Crippen molar-refractivity contribution in [2.24, 2.45) is 0 Å². The molecule has 0 unspecified atom stereocenters. The second-order valence-electron chi connectivity index (χ2n) is 3.57. The number of aromatic nitrogens is 3. The monoisotopic (exact) mass is 235 g/mol. The molecule has 2 aromatic rings. The first kappa shape index (κ1) is 11.1. The Hall–Kier alpha value is -1.36. The van der Waals surface area contributed by atoms with Gasteiger partial charge in [0.05, 0.1) is 0 Å². The summed E-state index contributed by atoms with van der Waals surface area (Å²) in [5.41, 5.74) is 0.858. The van der Waals surface area contributed by atoms with Gasteiger partial charge in [-0.2, -0.15) is 0 Å². The Balaban J connectivity index is 1.97. The molecule has 0 bridgehead atoms. The van der Waals surface area contributed by atoms with Crippen LogP contribution in [-0.4, -0.2) is 26.1 Å². The largest absolute Gasteiger partial charge is 0.300 e. The summed E-state index contributed by atoms with van der Waals surface area (Å²) in [5.74, 6) is 1.14. The van der Waals surface area contributed by atoms with Gasteiger partial charge < -0.3 is 4.79 Å². The van der Waals surface area contributed by atoms with Gasteiger partial charge in [0, 0.05) is 18.4 Å². The maximum Gasteiger partial charge on any atom is 0.195 e. The molecule has 0 atom stereocenters. The molecule has 4 nitrogen and oxygen atoms in total. The molecule has 0 N–H and O–H groups in total. The number of nitrogens with zero attached hydrogens (tertiary/aromatic N) is 3. The minimum atomic E-state index is 0.242. The van der Waals surface area contributed by atoms with E-state index in [-0.39, 0.29) is 5.78 Å². The quantitative estimate of drug-likeness (QED) is 0.588. The second-order valence-corrected chi connectivity index (χ2v) is 4.63. The fourth-order valence-electron chi connectivity index (χ4n) is 1.40. The van der Waals surface area contributed by atoms with E-state index in [1.54, 1.807) is 18.7 Å². The minimum Gasteiger partial charge on any atom is -0.300 e. The van der Waals surface area contributed by atoms with Gasteiger partial charge in [0.2, 0.25) is 0 Å². The SMILES string of the molecule is CC(=O)CCCSc1nnc2ccccn12. The standard InChI is InChI=1S/C11H13N3OS/c1-9(15)5-4-8-16-11-13-12-10-6-2-3-7-14(10)11/h2-3,6-7H,4-5,8H2,1H3. The molecule has 0 saturated heterocycles. The van der Waals surface area contributed by atoms with Crippen LogP contribution in [0.5, 0.6) is 0 Å². The van der Waals surface area contributed by atoms with Crippen molar-refractivity contribution in [3.63, 3.8) is 0 Å². The van der Waals surface area contributed by atoms with Crippen LogP contribution in [0.25, 0.3) is 5.65 Å². The van der Waals surface area contributed by atoms with Gasteiger partial charge in [-0.3, -0.25) is 4.40 Å². The zero-order chi connectivity index (χ0) is 11.4. The molecule has 5 heteroatoms. The molecule has 2 heterocycles. The van der Waals surface area contributed by atoms with Crippen LogP contribution < -0.4 is 0 Å². The Morgan fingerprint density at radius 3 is 3.12 bits per heavy atom. The average Bonchev–Trinajstić information content (AvgIpc) is 2.68. The van der Waals surface area contributed by atoms with Gasteiger partial charge in [-0.25, -0.2) is 0 Å². The van der Waals surface area contributed by atoms with Crippen LogP contribution in [0.3, 0.4) is 0 Å². The van der Waals surface area contributed by atoms with Crippen LogP contribution in [0.4, 0.5) is 0 Å². The molecule has 0 aliphatic rings. The van der Waals surface area contributed by atoms with E-state index in [2.05, 4.69) is 10.2 Å². The molecule has 0 aliphatic carbocycles. The van der Waals surface area contributed by atoms with Crippen LogP contribution in [0.2, 0.25) is 0 Å². The first-order valence-electron chi connectivity index (χ1n) is 5.19. The molecule has 0 amide bonds. The van der Waals surface area contributed by atoms with Crippen molar-refractivity contribution in [1.82, 2.24) is 14.6 Å². The summed E-state index contributed by atoms with van der Waals surface area (Å²) in [6, 6.07) is 5.82. The number of fused-ring (bicyclic) bond motifs is 1. The Morgan fingerprint density at radius 1 is 1.44 bits per heavy atom.